The van der Waals surface area contributed by atoms with Crippen LogP contribution in [0.25, 0.3) is 0 Å². The van der Waals surface area contributed by atoms with Gasteiger partial charge in [0.2, 0.25) is 11.8 Å². The van der Waals surface area contributed by atoms with Crippen LogP contribution in [-0.4, -0.2) is 37.0 Å². The Labute approximate surface area is 127 Å². The van der Waals surface area contributed by atoms with Gasteiger partial charge < -0.3 is 16.0 Å². The van der Waals surface area contributed by atoms with Crippen molar-refractivity contribution in [2.75, 3.05) is 13.1 Å². The molecule has 0 aromatic heterocycles. The lowest BCUT2D eigenvalue weighted by Crippen LogP contribution is -2.52. The molecule has 0 bridgehead atoms. The van der Waals surface area contributed by atoms with Crippen molar-refractivity contribution in [3.63, 3.8) is 0 Å². The van der Waals surface area contributed by atoms with E-state index in [1.807, 2.05) is 0 Å². The zero-order valence-electron chi connectivity index (χ0n) is 12.1. The molecular weight excluding hydrogens is 278 g/mol. The second kappa shape index (κ2) is 8.47. The first kappa shape index (κ1) is 17.2. The van der Waals surface area contributed by atoms with Gasteiger partial charge in [-0.15, -0.1) is 12.4 Å². The van der Waals surface area contributed by atoms with E-state index in [1.54, 1.807) is 6.92 Å². The summed E-state index contributed by atoms with van der Waals surface area (Å²) in [5.41, 5.74) is 0. The molecule has 1 unspecified atom stereocenters. The van der Waals surface area contributed by atoms with Crippen LogP contribution in [0.4, 0.5) is 0 Å². The molecule has 1 saturated heterocycles. The topological polar surface area (TPSA) is 70.2 Å². The Kier molecular flexibility index (Phi) is 7.30. The number of carbonyl (C=O) groups excluding carboxylic acids is 2. The van der Waals surface area contributed by atoms with Crippen molar-refractivity contribution in [3.05, 3.63) is 0 Å². The first-order valence-electron chi connectivity index (χ1n) is 7.48. The quantitative estimate of drug-likeness (QED) is 0.725. The van der Waals surface area contributed by atoms with Crippen LogP contribution in [0.1, 0.15) is 45.4 Å². The van der Waals surface area contributed by atoms with Crippen molar-refractivity contribution in [3.8, 4) is 0 Å². The fourth-order valence-corrected chi connectivity index (χ4v) is 2.89. The number of carbonyl (C=O) groups is 2. The first-order valence-corrected chi connectivity index (χ1v) is 7.48. The SMILES string of the molecule is CC(NC(=O)C1CCCC1)C(=O)N[C@H]1CCCNC1.Cl. The van der Waals surface area contributed by atoms with Crippen LogP contribution >= 0.6 is 12.4 Å². The molecule has 1 aliphatic carbocycles. The van der Waals surface area contributed by atoms with Crippen LogP contribution in [0.3, 0.4) is 0 Å². The standard InChI is InChI=1S/C14H25N3O2.ClH/c1-10(16-14(19)11-5-2-3-6-11)13(18)17-12-7-4-8-15-9-12;/h10-12,15H,2-9H2,1H3,(H,16,19)(H,17,18);1H/t10?,12-;/m0./s1. The molecule has 0 spiro atoms. The van der Waals surface area contributed by atoms with Crippen molar-refractivity contribution in [2.45, 2.75) is 57.5 Å². The molecule has 5 nitrogen and oxygen atoms in total. The van der Waals surface area contributed by atoms with E-state index in [1.165, 1.54) is 0 Å². The van der Waals surface area contributed by atoms with Crippen LogP contribution in [0.15, 0.2) is 0 Å². The van der Waals surface area contributed by atoms with Gasteiger partial charge in [-0.1, -0.05) is 12.8 Å². The van der Waals surface area contributed by atoms with Gasteiger partial charge in [0.15, 0.2) is 0 Å². The van der Waals surface area contributed by atoms with Crippen molar-refractivity contribution in [1.29, 1.82) is 0 Å². The molecule has 1 aliphatic heterocycles. The van der Waals surface area contributed by atoms with Crippen molar-refractivity contribution in [1.82, 2.24) is 16.0 Å². The summed E-state index contributed by atoms with van der Waals surface area (Å²) in [5.74, 6) is 0.0913. The van der Waals surface area contributed by atoms with Gasteiger partial charge in [0, 0.05) is 18.5 Å². The van der Waals surface area contributed by atoms with Crippen LogP contribution in [-0.2, 0) is 9.59 Å². The highest BCUT2D eigenvalue weighted by molar-refractivity contribution is 5.88. The molecule has 2 atom stereocenters. The monoisotopic (exact) mass is 303 g/mol. The number of hydrogen-bond acceptors (Lipinski definition) is 3. The lowest BCUT2D eigenvalue weighted by atomic mass is 10.1. The Morgan fingerprint density at radius 2 is 1.85 bits per heavy atom. The first-order chi connectivity index (χ1) is 9.16. The van der Waals surface area contributed by atoms with E-state index < -0.39 is 6.04 Å². The highest BCUT2D eigenvalue weighted by Crippen LogP contribution is 2.24. The molecule has 6 heteroatoms. The zero-order chi connectivity index (χ0) is 13.7. The van der Waals surface area contributed by atoms with Crippen molar-refractivity contribution < 1.29 is 9.59 Å². The summed E-state index contributed by atoms with van der Waals surface area (Å²) in [6.45, 7) is 3.62. The Bertz CT molecular complexity index is 326. The van der Waals surface area contributed by atoms with Gasteiger partial charge in [-0.3, -0.25) is 9.59 Å². The zero-order valence-corrected chi connectivity index (χ0v) is 12.9. The molecule has 116 valence electrons. The Balaban J connectivity index is 0.00000200. The summed E-state index contributed by atoms with van der Waals surface area (Å²) in [4.78, 5) is 24.0. The van der Waals surface area contributed by atoms with Crippen LogP contribution < -0.4 is 16.0 Å². The van der Waals surface area contributed by atoms with E-state index in [-0.39, 0.29) is 36.2 Å². The van der Waals surface area contributed by atoms with E-state index in [4.69, 9.17) is 0 Å². The summed E-state index contributed by atoms with van der Waals surface area (Å²) in [5, 5.41) is 9.10. The van der Waals surface area contributed by atoms with E-state index in [9.17, 15) is 9.59 Å². The molecule has 2 amide bonds. The Hall–Kier alpha value is -0.810. The van der Waals surface area contributed by atoms with Crippen LogP contribution in [0.5, 0.6) is 0 Å². The predicted molar refractivity (Wildman–Crippen MR) is 80.8 cm³/mol. The van der Waals surface area contributed by atoms with Crippen LogP contribution in [0.2, 0.25) is 0 Å². The number of nitrogens with one attached hydrogen (secondary N) is 3. The van der Waals surface area contributed by atoms with E-state index >= 15 is 0 Å². The van der Waals surface area contributed by atoms with Gasteiger partial charge in [0.1, 0.15) is 6.04 Å². The van der Waals surface area contributed by atoms with E-state index in [2.05, 4.69) is 16.0 Å². The van der Waals surface area contributed by atoms with E-state index in [0.29, 0.717) is 0 Å². The van der Waals surface area contributed by atoms with Gasteiger partial charge >= 0.3 is 0 Å². The lowest BCUT2D eigenvalue weighted by molar-refractivity contribution is -0.131. The molecule has 2 rings (SSSR count). The molecule has 0 radical (unpaired) electrons. The third kappa shape index (κ3) is 4.94. The third-order valence-corrected chi connectivity index (χ3v) is 4.12. The minimum atomic E-state index is -0.435. The number of halogens is 1. The second-order valence-electron chi connectivity index (χ2n) is 5.76. The molecular formula is C14H26ClN3O2. The summed E-state index contributed by atoms with van der Waals surface area (Å²) in [7, 11) is 0. The summed E-state index contributed by atoms with van der Waals surface area (Å²) in [6, 6.07) is -0.234. The minimum absolute atomic E-state index is 0. The molecule has 0 aromatic carbocycles. The lowest BCUT2D eigenvalue weighted by Gasteiger charge is -2.25. The van der Waals surface area contributed by atoms with Crippen molar-refractivity contribution in [2.24, 2.45) is 5.92 Å². The number of rotatable bonds is 4. The maximum Gasteiger partial charge on any atom is 0.242 e. The molecule has 0 aromatic rings. The average Bonchev–Trinajstić information content (AvgIpc) is 2.93. The molecule has 3 N–H and O–H groups in total. The predicted octanol–water partition coefficient (Wildman–Crippen LogP) is 0.971. The maximum absolute atomic E-state index is 12.0. The van der Waals surface area contributed by atoms with Gasteiger partial charge in [-0.2, -0.15) is 0 Å². The highest BCUT2D eigenvalue weighted by Gasteiger charge is 2.26. The van der Waals surface area contributed by atoms with Gasteiger partial charge in [-0.05, 0) is 39.2 Å². The fraction of sp³-hybridized carbons (Fsp3) is 0.857. The average molecular weight is 304 g/mol. The highest BCUT2D eigenvalue weighted by atomic mass is 35.5. The molecule has 20 heavy (non-hydrogen) atoms. The van der Waals surface area contributed by atoms with Gasteiger partial charge in [-0.25, -0.2) is 0 Å². The third-order valence-electron chi connectivity index (χ3n) is 4.12. The van der Waals surface area contributed by atoms with Crippen LogP contribution in [0, 0.1) is 5.92 Å². The summed E-state index contributed by atoms with van der Waals surface area (Å²) >= 11 is 0. The summed E-state index contributed by atoms with van der Waals surface area (Å²) < 4.78 is 0. The number of amides is 2. The van der Waals surface area contributed by atoms with Crippen molar-refractivity contribution >= 4 is 24.2 Å². The van der Waals surface area contributed by atoms with Gasteiger partial charge in [0.05, 0.1) is 0 Å². The maximum atomic E-state index is 12.0. The largest absolute Gasteiger partial charge is 0.350 e. The molecule has 2 fully saturated rings. The molecule has 1 heterocycles. The minimum Gasteiger partial charge on any atom is -0.350 e. The number of piperidine rings is 1. The molecule has 1 saturated carbocycles. The molecule has 2 aliphatic rings. The van der Waals surface area contributed by atoms with Gasteiger partial charge in [0.25, 0.3) is 0 Å². The smallest absolute Gasteiger partial charge is 0.242 e. The van der Waals surface area contributed by atoms with E-state index in [0.717, 1.165) is 51.6 Å². The fourth-order valence-electron chi connectivity index (χ4n) is 2.89. The Morgan fingerprint density at radius 1 is 1.15 bits per heavy atom. The Morgan fingerprint density at radius 3 is 2.45 bits per heavy atom. The second-order valence-corrected chi connectivity index (χ2v) is 5.76. The normalized spacial score (nSPS) is 24.6. The summed E-state index contributed by atoms with van der Waals surface area (Å²) in [6.07, 6.45) is 6.30. The number of hydrogen-bond donors (Lipinski definition) is 3.